The molecule has 0 aliphatic heterocycles. The third kappa shape index (κ3) is 6.23. The molecule has 7 nitrogen and oxygen atoms in total. The van der Waals surface area contributed by atoms with Crippen LogP contribution in [0.2, 0.25) is 0 Å². The van der Waals surface area contributed by atoms with E-state index in [1.54, 1.807) is 32.7 Å². The van der Waals surface area contributed by atoms with Crippen LogP contribution in [0.15, 0.2) is 29.2 Å². The minimum Gasteiger partial charge on any atom is -0.497 e. The summed E-state index contributed by atoms with van der Waals surface area (Å²) in [4.78, 5) is 37.5. The first-order chi connectivity index (χ1) is 13.9. The predicted molar refractivity (Wildman–Crippen MR) is 115 cm³/mol. The van der Waals surface area contributed by atoms with E-state index in [-0.39, 0.29) is 34.4 Å². The first-order valence-electron chi connectivity index (χ1n) is 9.04. The van der Waals surface area contributed by atoms with Gasteiger partial charge < -0.3 is 20.5 Å². The topological polar surface area (TPSA) is 108 Å². The van der Waals surface area contributed by atoms with Crippen molar-refractivity contribution >= 4 is 45.9 Å². The molecule has 0 spiro atoms. The van der Waals surface area contributed by atoms with Crippen LogP contribution in [-0.4, -0.2) is 37.3 Å². The summed E-state index contributed by atoms with van der Waals surface area (Å²) in [6.45, 7) is 3.53. The highest BCUT2D eigenvalue weighted by molar-refractivity contribution is 7.99. The zero-order valence-corrected chi connectivity index (χ0v) is 18.2. The summed E-state index contributed by atoms with van der Waals surface area (Å²) in [5, 5.41) is 2.99. The Balaban J connectivity index is 1.92. The lowest BCUT2D eigenvalue weighted by Gasteiger charge is -2.06. The number of carbonyl (C=O) groups excluding carboxylic acids is 3. The quantitative estimate of drug-likeness (QED) is 0.333. The SMILES string of the molecule is CCOC(=O)c1sc(NC(=O)CCCSc2ccc(OC)cc2)c(C(N)=O)c1C. The van der Waals surface area contributed by atoms with Crippen LogP contribution in [0.4, 0.5) is 5.00 Å². The normalized spacial score (nSPS) is 10.4. The van der Waals surface area contributed by atoms with Gasteiger partial charge in [0, 0.05) is 11.3 Å². The van der Waals surface area contributed by atoms with Crippen LogP contribution in [0.25, 0.3) is 0 Å². The monoisotopic (exact) mass is 436 g/mol. The molecule has 1 aromatic heterocycles. The van der Waals surface area contributed by atoms with Crippen LogP contribution in [0.1, 0.15) is 45.4 Å². The van der Waals surface area contributed by atoms with Gasteiger partial charge in [-0.2, -0.15) is 0 Å². The van der Waals surface area contributed by atoms with Gasteiger partial charge in [0.2, 0.25) is 5.91 Å². The zero-order valence-electron chi connectivity index (χ0n) is 16.6. The second kappa shape index (κ2) is 10.9. The van der Waals surface area contributed by atoms with Crippen molar-refractivity contribution in [2.45, 2.75) is 31.6 Å². The number of thiophene rings is 1. The van der Waals surface area contributed by atoms with Crippen molar-refractivity contribution in [3.8, 4) is 5.75 Å². The molecule has 156 valence electrons. The summed E-state index contributed by atoms with van der Waals surface area (Å²) in [5.74, 6) is 0.0976. The molecule has 0 fully saturated rings. The number of thioether (sulfide) groups is 1. The lowest BCUT2D eigenvalue weighted by molar-refractivity contribution is -0.116. The molecule has 0 bridgehead atoms. The maximum absolute atomic E-state index is 12.3. The Labute approximate surface area is 178 Å². The number of ether oxygens (including phenoxy) is 2. The van der Waals surface area contributed by atoms with Crippen LogP contribution >= 0.6 is 23.1 Å². The molecule has 3 N–H and O–H groups in total. The van der Waals surface area contributed by atoms with Gasteiger partial charge in [-0.3, -0.25) is 9.59 Å². The molecule has 29 heavy (non-hydrogen) atoms. The van der Waals surface area contributed by atoms with E-state index in [9.17, 15) is 14.4 Å². The van der Waals surface area contributed by atoms with Gasteiger partial charge in [-0.25, -0.2) is 4.79 Å². The number of nitrogens with two attached hydrogens (primary N) is 1. The van der Waals surface area contributed by atoms with Crippen molar-refractivity contribution < 1.29 is 23.9 Å². The van der Waals surface area contributed by atoms with Crippen molar-refractivity contribution in [3.63, 3.8) is 0 Å². The van der Waals surface area contributed by atoms with Crippen molar-refractivity contribution in [2.24, 2.45) is 5.73 Å². The third-order valence-electron chi connectivity index (χ3n) is 3.98. The fourth-order valence-electron chi connectivity index (χ4n) is 2.57. The Morgan fingerprint density at radius 1 is 1.21 bits per heavy atom. The minimum atomic E-state index is -0.695. The molecule has 2 rings (SSSR count). The highest BCUT2D eigenvalue weighted by atomic mass is 32.2. The van der Waals surface area contributed by atoms with Crippen molar-refractivity contribution in [1.29, 1.82) is 0 Å². The number of rotatable bonds is 10. The fraction of sp³-hybridized carbons (Fsp3) is 0.350. The number of carbonyl (C=O) groups is 3. The summed E-state index contributed by atoms with van der Waals surface area (Å²) >= 11 is 2.65. The van der Waals surface area contributed by atoms with E-state index >= 15 is 0 Å². The smallest absolute Gasteiger partial charge is 0.348 e. The average Bonchev–Trinajstić information content (AvgIpc) is 3.02. The van der Waals surface area contributed by atoms with Gasteiger partial charge in [-0.1, -0.05) is 0 Å². The molecule has 0 saturated heterocycles. The highest BCUT2D eigenvalue weighted by Crippen LogP contribution is 2.33. The molecule has 9 heteroatoms. The van der Waals surface area contributed by atoms with Crippen molar-refractivity contribution in [3.05, 3.63) is 40.3 Å². The lowest BCUT2D eigenvalue weighted by atomic mass is 10.1. The number of anilines is 1. The number of primary amides is 1. The van der Waals surface area contributed by atoms with Crippen LogP contribution in [0.3, 0.4) is 0 Å². The first-order valence-corrected chi connectivity index (χ1v) is 10.8. The van der Waals surface area contributed by atoms with E-state index in [0.717, 1.165) is 27.7 Å². The zero-order chi connectivity index (χ0) is 21.4. The van der Waals surface area contributed by atoms with E-state index in [2.05, 4.69) is 5.32 Å². The molecule has 0 aliphatic rings. The Morgan fingerprint density at radius 3 is 2.48 bits per heavy atom. The summed E-state index contributed by atoms with van der Waals surface area (Å²) in [6, 6.07) is 7.71. The first kappa shape index (κ1) is 22.8. The molecular weight excluding hydrogens is 412 g/mol. The molecular formula is C20H24N2O5S2. The molecule has 2 aromatic rings. The van der Waals surface area contributed by atoms with E-state index in [1.807, 2.05) is 24.3 Å². The van der Waals surface area contributed by atoms with E-state index in [4.69, 9.17) is 15.2 Å². The molecule has 1 heterocycles. The Hall–Kier alpha value is -2.52. The second-order valence-electron chi connectivity index (χ2n) is 6.02. The largest absolute Gasteiger partial charge is 0.497 e. The summed E-state index contributed by atoms with van der Waals surface area (Å²) in [5.41, 5.74) is 6.01. The maximum atomic E-state index is 12.3. The van der Waals surface area contributed by atoms with Crippen LogP contribution < -0.4 is 15.8 Å². The molecule has 0 atom stereocenters. The number of esters is 1. The van der Waals surface area contributed by atoms with Gasteiger partial charge in [0.15, 0.2) is 0 Å². The standard InChI is InChI=1S/C20H24N2O5S2/c1-4-27-20(25)17-12(2)16(18(21)24)19(29-17)22-15(23)6-5-11-28-14-9-7-13(26-3)8-10-14/h7-10H,4-6,11H2,1-3H3,(H2,21,24)(H,22,23). The van der Waals surface area contributed by atoms with E-state index < -0.39 is 11.9 Å². The van der Waals surface area contributed by atoms with E-state index in [1.165, 1.54) is 0 Å². The molecule has 0 saturated carbocycles. The van der Waals surface area contributed by atoms with Gasteiger partial charge in [0.25, 0.3) is 5.91 Å². The summed E-state index contributed by atoms with van der Waals surface area (Å²) < 4.78 is 10.1. The molecule has 0 radical (unpaired) electrons. The van der Waals surface area contributed by atoms with Crippen LogP contribution in [-0.2, 0) is 9.53 Å². The summed E-state index contributed by atoms with van der Waals surface area (Å²) in [7, 11) is 1.62. The number of benzene rings is 1. The van der Waals surface area contributed by atoms with Gasteiger partial charge >= 0.3 is 5.97 Å². The van der Waals surface area contributed by atoms with Crippen molar-refractivity contribution in [1.82, 2.24) is 0 Å². The Kier molecular flexibility index (Phi) is 8.53. The number of nitrogens with one attached hydrogen (secondary N) is 1. The molecule has 0 unspecified atom stereocenters. The van der Waals surface area contributed by atoms with Crippen LogP contribution in [0.5, 0.6) is 5.75 Å². The fourth-order valence-corrected chi connectivity index (χ4v) is 4.55. The summed E-state index contributed by atoms with van der Waals surface area (Å²) in [6.07, 6.45) is 0.941. The third-order valence-corrected chi connectivity index (χ3v) is 6.27. The van der Waals surface area contributed by atoms with Gasteiger partial charge in [0.1, 0.15) is 15.6 Å². The Bertz CT molecular complexity index is 878. The number of methoxy groups -OCH3 is 1. The van der Waals surface area contributed by atoms with Gasteiger partial charge in [0.05, 0.1) is 19.3 Å². The number of hydrogen-bond donors (Lipinski definition) is 2. The van der Waals surface area contributed by atoms with E-state index in [0.29, 0.717) is 12.0 Å². The lowest BCUT2D eigenvalue weighted by Crippen LogP contribution is -2.17. The highest BCUT2D eigenvalue weighted by Gasteiger charge is 2.25. The second-order valence-corrected chi connectivity index (χ2v) is 8.21. The van der Waals surface area contributed by atoms with Crippen molar-refractivity contribution in [2.75, 3.05) is 24.8 Å². The minimum absolute atomic E-state index is 0.152. The molecule has 1 aromatic carbocycles. The molecule has 0 aliphatic carbocycles. The maximum Gasteiger partial charge on any atom is 0.348 e. The average molecular weight is 437 g/mol. The van der Waals surface area contributed by atoms with Gasteiger partial charge in [-0.15, -0.1) is 23.1 Å². The number of hydrogen-bond acceptors (Lipinski definition) is 7. The number of amides is 2. The Morgan fingerprint density at radius 2 is 1.90 bits per heavy atom. The molecule has 2 amide bonds. The van der Waals surface area contributed by atoms with Crippen LogP contribution in [0, 0.1) is 6.92 Å². The predicted octanol–water partition coefficient (Wildman–Crippen LogP) is 3.85. The van der Waals surface area contributed by atoms with Gasteiger partial charge in [-0.05, 0) is 55.9 Å².